The highest BCUT2D eigenvalue weighted by atomic mass is 16.5. The highest BCUT2D eigenvalue weighted by molar-refractivity contribution is 5.94. The minimum atomic E-state index is 0.512. The Kier molecular flexibility index (Phi) is 2.63. The molecular formula is C15H15N3O. The zero-order chi connectivity index (χ0) is 13.4. The van der Waals surface area contributed by atoms with Gasteiger partial charge in [0.2, 0.25) is 0 Å². The van der Waals surface area contributed by atoms with Crippen molar-refractivity contribution in [3.05, 3.63) is 42.1 Å². The van der Waals surface area contributed by atoms with E-state index in [1.54, 1.807) is 7.11 Å². The van der Waals surface area contributed by atoms with E-state index in [2.05, 4.69) is 16.0 Å². The van der Waals surface area contributed by atoms with Crippen molar-refractivity contribution in [1.82, 2.24) is 9.97 Å². The molecule has 0 radical (unpaired) electrons. The molecule has 0 aliphatic rings. The van der Waals surface area contributed by atoms with E-state index in [4.69, 9.17) is 10.5 Å². The van der Waals surface area contributed by atoms with Crippen LogP contribution in [0.25, 0.3) is 22.2 Å². The molecule has 0 unspecified atom stereocenters. The molecule has 4 heteroatoms. The van der Waals surface area contributed by atoms with Crippen LogP contribution in [-0.2, 0) is 0 Å². The predicted octanol–water partition coefficient (Wildman–Crippen LogP) is 3.13. The second kappa shape index (κ2) is 4.31. The molecule has 0 atom stereocenters. The fraction of sp³-hybridized carbons (Fsp3) is 0.133. The number of rotatable bonds is 2. The van der Waals surface area contributed by atoms with Gasteiger partial charge >= 0.3 is 0 Å². The molecule has 0 fully saturated rings. The van der Waals surface area contributed by atoms with Crippen molar-refractivity contribution in [2.24, 2.45) is 0 Å². The first-order valence-electron chi connectivity index (χ1n) is 6.07. The summed E-state index contributed by atoms with van der Waals surface area (Å²) in [5.74, 6) is 1.40. The van der Waals surface area contributed by atoms with Gasteiger partial charge < -0.3 is 15.5 Å². The minimum absolute atomic E-state index is 0.512. The molecule has 96 valence electrons. The Balaban J connectivity index is 2.23. The zero-order valence-corrected chi connectivity index (χ0v) is 10.9. The Morgan fingerprint density at radius 3 is 2.79 bits per heavy atom. The normalized spacial score (nSPS) is 10.8. The van der Waals surface area contributed by atoms with Gasteiger partial charge in [0.15, 0.2) is 0 Å². The van der Waals surface area contributed by atoms with E-state index >= 15 is 0 Å². The molecule has 3 rings (SSSR count). The van der Waals surface area contributed by atoms with Crippen LogP contribution in [0.5, 0.6) is 5.75 Å². The van der Waals surface area contributed by atoms with Crippen LogP contribution in [0.2, 0.25) is 0 Å². The molecule has 2 heterocycles. The minimum Gasteiger partial charge on any atom is -0.496 e. The fourth-order valence-corrected chi connectivity index (χ4v) is 2.34. The number of nitrogens with two attached hydrogens (primary N) is 1. The number of benzene rings is 1. The number of aryl methyl sites for hydroxylation is 1. The van der Waals surface area contributed by atoms with Gasteiger partial charge in [0.25, 0.3) is 0 Å². The van der Waals surface area contributed by atoms with E-state index < -0.39 is 0 Å². The molecule has 2 aromatic heterocycles. The fourth-order valence-electron chi connectivity index (χ4n) is 2.34. The Hall–Kier alpha value is -2.49. The van der Waals surface area contributed by atoms with Gasteiger partial charge in [-0.3, -0.25) is 0 Å². The average Bonchev–Trinajstić information content (AvgIpc) is 2.85. The molecule has 19 heavy (non-hydrogen) atoms. The van der Waals surface area contributed by atoms with Crippen molar-refractivity contribution >= 4 is 16.9 Å². The molecule has 4 nitrogen and oxygen atoms in total. The van der Waals surface area contributed by atoms with Gasteiger partial charge in [0, 0.05) is 11.6 Å². The zero-order valence-electron chi connectivity index (χ0n) is 10.9. The number of fused-ring (bicyclic) bond motifs is 1. The summed E-state index contributed by atoms with van der Waals surface area (Å²) in [4.78, 5) is 7.37. The first-order chi connectivity index (χ1) is 9.19. The highest BCUT2D eigenvalue weighted by Gasteiger charge is 2.09. The maximum absolute atomic E-state index is 5.86. The number of aromatic amines is 1. The summed E-state index contributed by atoms with van der Waals surface area (Å²) in [6, 6.07) is 10.0. The number of nitrogen functional groups attached to an aromatic ring is 1. The molecule has 0 saturated heterocycles. The number of hydrogen-bond acceptors (Lipinski definition) is 3. The maximum atomic E-state index is 5.86. The van der Waals surface area contributed by atoms with Crippen LogP contribution >= 0.6 is 0 Å². The second-order valence-electron chi connectivity index (χ2n) is 4.52. The van der Waals surface area contributed by atoms with Gasteiger partial charge in [0.05, 0.1) is 7.11 Å². The number of H-pyrrole nitrogens is 1. The lowest BCUT2D eigenvalue weighted by Crippen LogP contribution is -1.93. The lowest BCUT2D eigenvalue weighted by atomic mass is 10.0. The van der Waals surface area contributed by atoms with E-state index in [-0.39, 0.29) is 0 Å². The number of nitrogens with zero attached hydrogens (tertiary/aromatic N) is 1. The third-order valence-electron chi connectivity index (χ3n) is 3.25. The molecule has 3 aromatic rings. The van der Waals surface area contributed by atoms with Gasteiger partial charge in [-0.05, 0) is 47.9 Å². The summed E-state index contributed by atoms with van der Waals surface area (Å²) in [5.41, 5.74) is 9.95. The van der Waals surface area contributed by atoms with Crippen molar-refractivity contribution in [1.29, 1.82) is 0 Å². The van der Waals surface area contributed by atoms with Crippen molar-refractivity contribution in [2.75, 3.05) is 12.8 Å². The maximum Gasteiger partial charge on any atom is 0.140 e. The quantitative estimate of drug-likeness (QED) is 0.737. The van der Waals surface area contributed by atoms with Crippen LogP contribution in [0, 0.1) is 6.92 Å². The second-order valence-corrected chi connectivity index (χ2v) is 4.52. The molecule has 0 aliphatic heterocycles. The van der Waals surface area contributed by atoms with Crippen LogP contribution in [0.3, 0.4) is 0 Å². The third-order valence-corrected chi connectivity index (χ3v) is 3.25. The molecular weight excluding hydrogens is 238 g/mol. The number of anilines is 1. The number of ether oxygens (including phenoxy) is 1. The highest BCUT2D eigenvalue weighted by Crippen LogP contribution is 2.31. The van der Waals surface area contributed by atoms with Gasteiger partial charge in [-0.15, -0.1) is 0 Å². The van der Waals surface area contributed by atoms with Crippen molar-refractivity contribution < 1.29 is 4.74 Å². The summed E-state index contributed by atoms with van der Waals surface area (Å²) in [6.45, 7) is 2.03. The van der Waals surface area contributed by atoms with E-state index in [1.807, 2.05) is 37.4 Å². The first-order valence-corrected chi connectivity index (χ1v) is 6.07. The van der Waals surface area contributed by atoms with Gasteiger partial charge in [0.1, 0.15) is 17.2 Å². The van der Waals surface area contributed by atoms with E-state index in [0.717, 1.165) is 33.5 Å². The molecule has 0 spiro atoms. The van der Waals surface area contributed by atoms with Crippen LogP contribution in [0.4, 0.5) is 5.82 Å². The van der Waals surface area contributed by atoms with Gasteiger partial charge in [-0.25, -0.2) is 4.98 Å². The average molecular weight is 253 g/mol. The molecule has 0 aliphatic carbocycles. The topological polar surface area (TPSA) is 63.9 Å². The van der Waals surface area contributed by atoms with E-state index in [1.165, 1.54) is 0 Å². The van der Waals surface area contributed by atoms with E-state index in [0.29, 0.717) is 5.82 Å². The van der Waals surface area contributed by atoms with E-state index in [9.17, 15) is 0 Å². The smallest absolute Gasteiger partial charge is 0.140 e. The molecule has 1 aromatic carbocycles. The van der Waals surface area contributed by atoms with Crippen molar-refractivity contribution in [3.63, 3.8) is 0 Å². The van der Waals surface area contributed by atoms with Crippen LogP contribution in [-0.4, -0.2) is 17.1 Å². The lowest BCUT2D eigenvalue weighted by molar-refractivity contribution is 0.412. The summed E-state index contributed by atoms with van der Waals surface area (Å²) in [7, 11) is 1.68. The molecule has 0 amide bonds. The molecule has 0 bridgehead atoms. The Morgan fingerprint density at radius 1 is 1.21 bits per heavy atom. The Morgan fingerprint density at radius 2 is 2.05 bits per heavy atom. The summed E-state index contributed by atoms with van der Waals surface area (Å²) >= 11 is 0. The summed E-state index contributed by atoms with van der Waals surface area (Å²) < 4.78 is 5.29. The van der Waals surface area contributed by atoms with Gasteiger partial charge in [-0.2, -0.15) is 0 Å². The number of pyridine rings is 1. The Bertz CT molecular complexity index is 746. The number of hydrogen-bond donors (Lipinski definition) is 2. The van der Waals surface area contributed by atoms with Gasteiger partial charge in [-0.1, -0.05) is 6.07 Å². The third kappa shape index (κ3) is 1.91. The summed E-state index contributed by atoms with van der Waals surface area (Å²) in [5, 5.41) is 1.07. The lowest BCUT2D eigenvalue weighted by Gasteiger charge is -2.09. The van der Waals surface area contributed by atoms with Crippen molar-refractivity contribution in [3.8, 4) is 16.9 Å². The van der Waals surface area contributed by atoms with Crippen LogP contribution in [0.15, 0.2) is 36.5 Å². The number of nitrogens with one attached hydrogen (secondary N) is 1. The monoisotopic (exact) mass is 253 g/mol. The number of aromatic nitrogens is 2. The van der Waals surface area contributed by atoms with Crippen LogP contribution in [0.1, 0.15) is 5.56 Å². The number of methoxy groups -OCH3 is 1. The SMILES string of the molecule is COc1ccc(-c2cc(N)nc3[nH]ccc23)cc1C. The summed E-state index contributed by atoms with van der Waals surface area (Å²) in [6.07, 6.45) is 1.87. The predicted molar refractivity (Wildman–Crippen MR) is 77.2 cm³/mol. The Labute approximate surface area is 111 Å². The van der Waals surface area contributed by atoms with Crippen LogP contribution < -0.4 is 10.5 Å². The van der Waals surface area contributed by atoms with Crippen molar-refractivity contribution in [2.45, 2.75) is 6.92 Å². The first kappa shape index (κ1) is 11.6. The standard InChI is InChI=1S/C15H15N3O/c1-9-7-10(3-4-13(9)19-2)12-8-14(16)18-15-11(12)5-6-17-15/h3-8H,1-2H3,(H3,16,17,18). The molecule has 0 saturated carbocycles. The molecule has 3 N–H and O–H groups in total. The largest absolute Gasteiger partial charge is 0.496 e.